The quantitative estimate of drug-likeness (QED) is 0.792. The molecule has 1 heterocycles. The number of aromatic nitrogens is 1. The first-order valence-electron chi connectivity index (χ1n) is 5.43. The Labute approximate surface area is 85.5 Å². The van der Waals surface area contributed by atoms with Crippen LogP contribution in [0.15, 0.2) is 18.5 Å². The number of hydrogen-bond donors (Lipinski definition) is 1. The van der Waals surface area contributed by atoms with E-state index < -0.39 is 0 Å². The molecule has 2 heteroatoms. The predicted molar refractivity (Wildman–Crippen MR) is 57.9 cm³/mol. The Kier molecular flexibility index (Phi) is 2.82. The molecule has 0 aliphatic heterocycles. The Hall–Kier alpha value is -0.890. The van der Waals surface area contributed by atoms with E-state index in [1.807, 2.05) is 12.4 Å². The SMILES string of the molecule is Cc1cncc(C(N)CCC2CC2)c1. The summed E-state index contributed by atoms with van der Waals surface area (Å²) in [5.74, 6) is 0.971. The second kappa shape index (κ2) is 4.09. The van der Waals surface area contributed by atoms with Crippen LogP contribution in [0.5, 0.6) is 0 Å². The summed E-state index contributed by atoms with van der Waals surface area (Å²) in [5.41, 5.74) is 8.48. The second-order valence-corrected chi connectivity index (χ2v) is 4.42. The molecule has 14 heavy (non-hydrogen) atoms. The maximum Gasteiger partial charge on any atom is 0.0315 e. The Morgan fingerprint density at radius 2 is 2.29 bits per heavy atom. The van der Waals surface area contributed by atoms with Gasteiger partial charge in [-0.1, -0.05) is 18.9 Å². The first-order chi connectivity index (χ1) is 6.75. The van der Waals surface area contributed by atoms with Gasteiger partial charge in [-0.2, -0.15) is 0 Å². The van der Waals surface area contributed by atoms with Gasteiger partial charge < -0.3 is 5.73 Å². The lowest BCUT2D eigenvalue weighted by molar-refractivity contribution is 0.574. The third-order valence-electron chi connectivity index (χ3n) is 2.91. The highest BCUT2D eigenvalue weighted by Gasteiger charge is 2.21. The van der Waals surface area contributed by atoms with Crippen LogP contribution in [0.25, 0.3) is 0 Å². The van der Waals surface area contributed by atoms with E-state index in [0.717, 1.165) is 12.3 Å². The van der Waals surface area contributed by atoms with E-state index in [1.54, 1.807) is 0 Å². The Morgan fingerprint density at radius 1 is 1.50 bits per heavy atom. The van der Waals surface area contributed by atoms with Crippen molar-refractivity contribution in [2.75, 3.05) is 0 Å². The number of pyridine rings is 1. The van der Waals surface area contributed by atoms with Crippen molar-refractivity contribution in [2.45, 2.75) is 38.6 Å². The summed E-state index contributed by atoms with van der Waals surface area (Å²) < 4.78 is 0. The van der Waals surface area contributed by atoms with Crippen LogP contribution >= 0.6 is 0 Å². The summed E-state index contributed by atoms with van der Waals surface area (Å²) in [7, 11) is 0. The molecule has 1 aromatic rings. The molecule has 0 aromatic carbocycles. The highest BCUT2D eigenvalue weighted by Crippen LogP contribution is 2.35. The molecule has 76 valence electrons. The summed E-state index contributed by atoms with van der Waals surface area (Å²) in [5, 5.41) is 0. The number of nitrogens with zero attached hydrogens (tertiary/aromatic N) is 1. The van der Waals surface area contributed by atoms with E-state index >= 15 is 0 Å². The lowest BCUT2D eigenvalue weighted by Crippen LogP contribution is -2.10. The van der Waals surface area contributed by atoms with Crippen LogP contribution in [-0.4, -0.2) is 4.98 Å². The molecule has 0 amide bonds. The highest BCUT2D eigenvalue weighted by atomic mass is 14.7. The van der Waals surface area contributed by atoms with Crippen molar-refractivity contribution in [1.29, 1.82) is 0 Å². The fourth-order valence-corrected chi connectivity index (χ4v) is 1.77. The highest BCUT2D eigenvalue weighted by molar-refractivity contribution is 5.19. The van der Waals surface area contributed by atoms with Crippen LogP contribution in [0.1, 0.15) is 42.9 Å². The van der Waals surface area contributed by atoms with E-state index in [1.165, 1.54) is 30.4 Å². The van der Waals surface area contributed by atoms with Gasteiger partial charge >= 0.3 is 0 Å². The number of hydrogen-bond acceptors (Lipinski definition) is 2. The molecule has 0 spiro atoms. The summed E-state index contributed by atoms with van der Waals surface area (Å²) in [6.45, 7) is 2.06. The summed E-state index contributed by atoms with van der Waals surface area (Å²) in [6, 6.07) is 2.33. The van der Waals surface area contributed by atoms with E-state index in [2.05, 4.69) is 18.0 Å². The summed E-state index contributed by atoms with van der Waals surface area (Å²) in [4.78, 5) is 4.17. The van der Waals surface area contributed by atoms with Crippen molar-refractivity contribution in [3.8, 4) is 0 Å². The number of rotatable bonds is 4. The average Bonchev–Trinajstić information content (AvgIpc) is 2.97. The van der Waals surface area contributed by atoms with Gasteiger partial charge in [-0.3, -0.25) is 4.98 Å². The monoisotopic (exact) mass is 190 g/mol. The smallest absolute Gasteiger partial charge is 0.0315 e. The molecule has 0 bridgehead atoms. The van der Waals surface area contributed by atoms with Crippen LogP contribution in [0.3, 0.4) is 0 Å². The van der Waals surface area contributed by atoms with Crippen LogP contribution in [0.4, 0.5) is 0 Å². The van der Waals surface area contributed by atoms with E-state index in [9.17, 15) is 0 Å². The fourth-order valence-electron chi connectivity index (χ4n) is 1.77. The van der Waals surface area contributed by atoms with Crippen LogP contribution in [-0.2, 0) is 0 Å². The fraction of sp³-hybridized carbons (Fsp3) is 0.583. The first kappa shape index (κ1) is 9.66. The predicted octanol–water partition coefficient (Wildman–Crippen LogP) is 2.58. The van der Waals surface area contributed by atoms with Crippen molar-refractivity contribution in [3.05, 3.63) is 29.6 Å². The second-order valence-electron chi connectivity index (χ2n) is 4.42. The molecular formula is C12H18N2. The van der Waals surface area contributed by atoms with Gasteiger partial charge in [-0.05, 0) is 36.8 Å². The molecule has 1 aliphatic carbocycles. The maximum absolute atomic E-state index is 6.10. The van der Waals surface area contributed by atoms with Gasteiger partial charge in [0.1, 0.15) is 0 Å². The molecular weight excluding hydrogens is 172 g/mol. The standard InChI is InChI=1S/C12H18N2/c1-9-6-11(8-14-7-9)12(13)5-4-10-2-3-10/h6-8,10,12H,2-5,13H2,1H3. The van der Waals surface area contributed by atoms with Crippen molar-refractivity contribution < 1.29 is 0 Å². The van der Waals surface area contributed by atoms with Crippen molar-refractivity contribution in [2.24, 2.45) is 11.7 Å². The minimum absolute atomic E-state index is 0.183. The molecule has 1 saturated carbocycles. The lowest BCUT2D eigenvalue weighted by atomic mass is 10.0. The average molecular weight is 190 g/mol. The van der Waals surface area contributed by atoms with E-state index in [4.69, 9.17) is 5.73 Å². The molecule has 1 fully saturated rings. The van der Waals surface area contributed by atoms with E-state index in [0.29, 0.717) is 0 Å². The third-order valence-corrected chi connectivity index (χ3v) is 2.91. The molecule has 0 saturated heterocycles. The van der Waals surface area contributed by atoms with Crippen molar-refractivity contribution >= 4 is 0 Å². The molecule has 1 aromatic heterocycles. The molecule has 2 rings (SSSR count). The maximum atomic E-state index is 6.10. The Bertz CT molecular complexity index is 305. The topological polar surface area (TPSA) is 38.9 Å². The molecule has 0 radical (unpaired) electrons. The number of aryl methyl sites for hydroxylation is 1. The van der Waals surface area contributed by atoms with Gasteiger partial charge in [0.05, 0.1) is 0 Å². The molecule has 2 nitrogen and oxygen atoms in total. The van der Waals surface area contributed by atoms with E-state index in [-0.39, 0.29) is 6.04 Å². The van der Waals surface area contributed by atoms with Gasteiger partial charge in [-0.25, -0.2) is 0 Å². The normalized spacial score (nSPS) is 18.1. The molecule has 1 atom stereocenters. The number of nitrogens with two attached hydrogens (primary N) is 1. The van der Waals surface area contributed by atoms with Gasteiger partial charge in [-0.15, -0.1) is 0 Å². The molecule has 1 unspecified atom stereocenters. The van der Waals surface area contributed by atoms with Gasteiger partial charge in [0.15, 0.2) is 0 Å². The Morgan fingerprint density at radius 3 is 2.93 bits per heavy atom. The minimum Gasteiger partial charge on any atom is -0.324 e. The Balaban J connectivity index is 1.91. The van der Waals surface area contributed by atoms with Gasteiger partial charge in [0.25, 0.3) is 0 Å². The molecule has 2 N–H and O–H groups in total. The van der Waals surface area contributed by atoms with Crippen LogP contribution in [0.2, 0.25) is 0 Å². The van der Waals surface area contributed by atoms with Crippen molar-refractivity contribution in [1.82, 2.24) is 4.98 Å². The first-order valence-corrected chi connectivity index (χ1v) is 5.43. The van der Waals surface area contributed by atoms with Gasteiger partial charge in [0.2, 0.25) is 0 Å². The summed E-state index contributed by atoms with van der Waals surface area (Å²) >= 11 is 0. The largest absolute Gasteiger partial charge is 0.324 e. The minimum atomic E-state index is 0.183. The van der Waals surface area contributed by atoms with Crippen LogP contribution < -0.4 is 5.73 Å². The van der Waals surface area contributed by atoms with Crippen LogP contribution in [0, 0.1) is 12.8 Å². The zero-order valence-electron chi connectivity index (χ0n) is 8.74. The zero-order valence-corrected chi connectivity index (χ0v) is 8.74. The van der Waals surface area contributed by atoms with Crippen molar-refractivity contribution in [3.63, 3.8) is 0 Å². The van der Waals surface area contributed by atoms with Gasteiger partial charge in [0, 0.05) is 18.4 Å². The molecule has 1 aliphatic rings. The summed E-state index contributed by atoms with van der Waals surface area (Å²) in [6.07, 6.45) is 8.99. The zero-order chi connectivity index (χ0) is 9.97. The lowest BCUT2D eigenvalue weighted by Gasteiger charge is -2.11. The third kappa shape index (κ3) is 2.55.